The monoisotopic (exact) mass is 504 g/mol. The Hall–Kier alpha value is -3.09. The smallest absolute Gasteiger partial charge is 0.406 e. The number of piperidine rings is 1. The Kier molecular flexibility index (Phi) is 8.41. The maximum atomic E-state index is 13.5. The Morgan fingerprint density at radius 3 is 2.60 bits per heavy atom. The molecular formula is C22H28F4N4O5. The number of carbonyl (C=O) groups excluding carboxylic acids is 3. The summed E-state index contributed by atoms with van der Waals surface area (Å²) in [6.07, 6.45) is -0.600. The van der Waals surface area contributed by atoms with Gasteiger partial charge in [0.2, 0.25) is 11.8 Å². The molecule has 1 unspecified atom stereocenters. The number of likely N-dealkylation sites (tertiary alicyclic amines) is 1. The molecule has 1 spiro atoms. The van der Waals surface area contributed by atoms with E-state index in [-0.39, 0.29) is 35.4 Å². The molecule has 0 aromatic heterocycles. The van der Waals surface area contributed by atoms with Crippen molar-refractivity contribution in [1.29, 1.82) is 0 Å². The van der Waals surface area contributed by atoms with Crippen LogP contribution in [0.1, 0.15) is 37.7 Å². The van der Waals surface area contributed by atoms with Crippen molar-refractivity contribution in [1.82, 2.24) is 20.9 Å². The molecule has 4 N–H and O–H groups in total. The van der Waals surface area contributed by atoms with Gasteiger partial charge in [0.25, 0.3) is 0 Å². The lowest BCUT2D eigenvalue weighted by Gasteiger charge is -2.39. The predicted octanol–water partition coefficient (Wildman–Crippen LogP) is 1.79. The number of alkyl halides is 3. The van der Waals surface area contributed by atoms with Crippen LogP contribution in [-0.4, -0.2) is 66.5 Å². The summed E-state index contributed by atoms with van der Waals surface area (Å²) in [6.45, 7) is 1.43. The minimum Gasteiger partial charge on any atom is -0.406 e. The Balaban J connectivity index is 0.000000203. The molecule has 3 aliphatic rings. The molecule has 4 rings (SSSR count). The predicted molar refractivity (Wildman–Crippen MR) is 114 cm³/mol. The fraction of sp³-hybridized carbons (Fsp3) is 0.591. The highest BCUT2D eigenvalue weighted by Crippen LogP contribution is 2.35. The molecule has 9 nitrogen and oxygen atoms in total. The number of rotatable bonds is 5. The molecule has 0 radical (unpaired) electrons. The highest BCUT2D eigenvalue weighted by atomic mass is 19.4. The fourth-order valence-corrected chi connectivity index (χ4v) is 4.07. The lowest BCUT2D eigenvalue weighted by atomic mass is 9.79. The molecular weight excluding hydrogens is 476 g/mol. The molecule has 3 fully saturated rings. The van der Waals surface area contributed by atoms with Gasteiger partial charge in [0.1, 0.15) is 18.2 Å². The van der Waals surface area contributed by atoms with E-state index in [1.54, 1.807) is 4.90 Å². The number of ether oxygens (including phenoxy) is 1. The highest BCUT2D eigenvalue weighted by molar-refractivity contribution is 5.80. The van der Waals surface area contributed by atoms with Crippen LogP contribution in [0.5, 0.6) is 5.75 Å². The quantitative estimate of drug-likeness (QED) is 0.456. The highest BCUT2D eigenvalue weighted by Gasteiger charge is 2.42. The zero-order valence-electron chi connectivity index (χ0n) is 18.9. The molecule has 35 heavy (non-hydrogen) atoms. The number of nitrogens with zero attached hydrogens (tertiary/aromatic N) is 1. The third kappa shape index (κ3) is 8.26. The lowest BCUT2D eigenvalue weighted by molar-refractivity contribution is -0.274. The van der Waals surface area contributed by atoms with Gasteiger partial charge in [-0.25, -0.2) is 9.18 Å². The van der Waals surface area contributed by atoms with Crippen LogP contribution in [0.2, 0.25) is 0 Å². The summed E-state index contributed by atoms with van der Waals surface area (Å²) in [5, 5.41) is 16.7. The Morgan fingerprint density at radius 1 is 1.29 bits per heavy atom. The normalized spacial score (nSPS) is 21.6. The van der Waals surface area contributed by atoms with Crippen LogP contribution in [0.3, 0.4) is 0 Å². The molecule has 1 saturated carbocycles. The molecule has 1 atom stereocenters. The van der Waals surface area contributed by atoms with Gasteiger partial charge < -0.3 is 30.7 Å². The van der Waals surface area contributed by atoms with Gasteiger partial charge >= 0.3 is 12.4 Å². The first-order valence-electron chi connectivity index (χ1n) is 11.2. The lowest BCUT2D eigenvalue weighted by Crippen LogP contribution is -2.47. The fourth-order valence-electron chi connectivity index (χ4n) is 4.07. The molecule has 1 aromatic rings. The number of hydrogen-bond acceptors (Lipinski definition) is 5. The molecule has 13 heteroatoms. The van der Waals surface area contributed by atoms with Gasteiger partial charge in [-0.05, 0) is 31.7 Å². The van der Waals surface area contributed by atoms with E-state index in [0.29, 0.717) is 32.1 Å². The van der Waals surface area contributed by atoms with Gasteiger partial charge in [-0.1, -0.05) is 6.07 Å². The molecule has 1 aliphatic carbocycles. The number of urea groups is 1. The number of carbonyl (C=O) groups is 3. The second-order valence-electron chi connectivity index (χ2n) is 8.93. The molecule has 2 saturated heterocycles. The summed E-state index contributed by atoms with van der Waals surface area (Å²) in [5.41, 5.74) is 0.00523. The zero-order chi connectivity index (χ0) is 25.6. The third-order valence-electron chi connectivity index (χ3n) is 5.96. The molecule has 0 bridgehead atoms. The summed E-state index contributed by atoms with van der Waals surface area (Å²) < 4.78 is 53.0. The van der Waals surface area contributed by atoms with Crippen LogP contribution in [0.4, 0.5) is 22.4 Å². The second-order valence-corrected chi connectivity index (χ2v) is 8.93. The van der Waals surface area contributed by atoms with E-state index in [9.17, 15) is 31.9 Å². The standard InChI is InChI=1S/C12H12F4N2O2.C10H16N2O3/c13-10-5-9(20-12(14,15)16)4-1-7(10)6-17-11(19)18-8-2-3-8;13-5-9(15)12-3-1-2-10(7-12)4-8(14)11-6-10/h1,4-5,8H,2-3,6H2,(H2,17,18,19);13H,1-7H2,(H,11,14). The van der Waals surface area contributed by atoms with Crippen LogP contribution < -0.4 is 20.7 Å². The summed E-state index contributed by atoms with van der Waals surface area (Å²) in [7, 11) is 0. The molecule has 2 heterocycles. The van der Waals surface area contributed by atoms with Crippen LogP contribution in [-0.2, 0) is 16.1 Å². The van der Waals surface area contributed by atoms with Crippen molar-refractivity contribution in [3.05, 3.63) is 29.6 Å². The average molecular weight is 504 g/mol. The van der Waals surface area contributed by atoms with Gasteiger partial charge in [0, 0.05) is 55.7 Å². The minimum atomic E-state index is -4.86. The first-order valence-corrected chi connectivity index (χ1v) is 11.2. The van der Waals surface area contributed by atoms with Crippen molar-refractivity contribution in [2.24, 2.45) is 5.41 Å². The van der Waals surface area contributed by atoms with Crippen LogP contribution >= 0.6 is 0 Å². The van der Waals surface area contributed by atoms with Gasteiger partial charge in [0.05, 0.1) is 0 Å². The van der Waals surface area contributed by atoms with E-state index in [4.69, 9.17) is 5.11 Å². The van der Waals surface area contributed by atoms with Crippen molar-refractivity contribution in [3.63, 3.8) is 0 Å². The molecule has 4 amide bonds. The minimum absolute atomic E-state index is 0.0693. The Labute approximate surface area is 199 Å². The van der Waals surface area contributed by atoms with Gasteiger partial charge in [-0.3, -0.25) is 9.59 Å². The summed E-state index contributed by atoms with van der Waals surface area (Å²) >= 11 is 0. The maximum Gasteiger partial charge on any atom is 0.573 e. The number of amides is 4. The second kappa shape index (κ2) is 11.1. The van der Waals surface area contributed by atoms with E-state index < -0.39 is 30.6 Å². The number of nitrogens with one attached hydrogen (secondary N) is 3. The van der Waals surface area contributed by atoms with E-state index in [0.717, 1.165) is 37.8 Å². The topological polar surface area (TPSA) is 120 Å². The largest absolute Gasteiger partial charge is 0.573 e. The van der Waals surface area contributed by atoms with Crippen LogP contribution in [0, 0.1) is 11.2 Å². The van der Waals surface area contributed by atoms with Crippen molar-refractivity contribution in [3.8, 4) is 5.75 Å². The summed E-state index contributed by atoms with van der Waals surface area (Å²) in [4.78, 5) is 35.5. The van der Waals surface area contributed by atoms with Crippen LogP contribution in [0.25, 0.3) is 0 Å². The first kappa shape index (κ1) is 26.5. The number of aliphatic hydroxyl groups is 1. The number of hydrogen-bond donors (Lipinski definition) is 4. The Morgan fingerprint density at radius 2 is 2.03 bits per heavy atom. The van der Waals surface area contributed by atoms with Crippen molar-refractivity contribution < 1.29 is 41.8 Å². The summed E-state index contributed by atoms with van der Waals surface area (Å²) in [5.74, 6) is -1.67. The maximum absolute atomic E-state index is 13.5. The van der Waals surface area contributed by atoms with Crippen LogP contribution in [0.15, 0.2) is 18.2 Å². The van der Waals surface area contributed by atoms with E-state index in [2.05, 4.69) is 20.7 Å². The van der Waals surface area contributed by atoms with Gasteiger partial charge in [0.15, 0.2) is 0 Å². The summed E-state index contributed by atoms with van der Waals surface area (Å²) in [6, 6.07) is 2.49. The molecule has 2 aliphatic heterocycles. The molecule has 194 valence electrons. The van der Waals surface area contributed by atoms with E-state index >= 15 is 0 Å². The third-order valence-corrected chi connectivity index (χ3v) is 5.96. The van der Waals surface area contributed by atoms with Crippen molar-refractivity contribution >= 4 is 17.8 Å². The first-order chi connectivity index (χ1) is 16.5. The Bertz CT molecular complexity index is 941. The van der Waals surface area contributed by atoms with E-state index in [1.807, 2.05) is 0 Å². The molecule has 1 aromatic carbocycles. The number of aliphatic hydroxyl groups excluding tert-OH is 1. The van der Waals surface area contributed by atoms with E-state index in [1.165, 1.54) is 0 Å². The number of benzene rings is 1. The van der Waals surface area contributed by atoms with Crippen molar-refractivity contribution in [2.75, 3.05) is 26.2 Å². The van der Waals surface area contributed by atoms with Crippen molar-refractivity contribution in [2.45, 2.75) is 51.1 Å². The van der Waals surface area contributed by atoms with Gasteiger partial charge in [-0.15, -0.1) is 13.2 Å². The zero-order valence-corrected chi connectivity index (χ0v) is 18.9. The number of halogens is 4. The average Bonchev–Trinajstić information content (AvgIpc) is 3.53. The SMILES string of the molecule is O=C(NCc1ccc(OC(F)(F)F)cc1F)NC1CC1.O=C1CC2(CCCN(C(=O)CO)C2)CN1. The van der Waals surface area contributed by atoms with Gasteiger partial charge in [-0.2, -0.15) is 0 Å².